The molecule has 0 fully saturated rings. The predicted octanol–water partition coefficient (Wildman–Crippen LogP) is 6.67. The van der Waals surface area contributed by atoms with E-state index in [1.165, 1.54) is 0 Å². The number of nitrogens with zero attached hydrogens (tertiary/aromatic N) is 2. The predicted molar refractivity (Wildman–Crippen MR) is 157 cm³/mol. The summed E-state index contributed by atoms with van der Waals surface area (Å²) >= 11 is 13.0. The number of hydrogen-bond donors (Lipinski definition) is 2. The number of ether oxygens (including phenoxy) is 1. The van der Waals surface area contributed by atoms with Crippen molar-refractivity contribution >= 4 is 35.1 Å². The van der Waals surface area contributed by atoms with E-state index in [2.05, 4.69) is 10.2 Å². The monoisotopic (exact) mass is 571 g/mol. The molecule has 3 aromatic rings. The highest BCUT2D eigenvalue weighted by Crippen LogP contribution is 2.38. The van der Waals surface area contributed by atoms with Crippen molar-refractivity contribution in [3.63, 3.8) is 0 Å². The van der Waals surface area contributed by atoms with E-state index < -0.39 is 23.3 Å². The molecule has 208 valence electrons. The zero-order valence-electron chi connectivity index (χ0n) is 22.9. The van der Waals surface area contributed by atoms with Crippen molar-refractivity contribution in [3.8, 4) is 28.1 Å². The molecular weight excluding hydrogens is 537 g/mol. The van der Waals surface area contributed by atoms with Gasteiger partial charge in [-0.15, -0.1) is 0 Å². The van der Waals surface area contributed by atoms with E-state index in [9.17, 15) is 14.7 Å². The molecule has 0 radical (unpaired) electrons. The molecule has 2 aromatic carbocycles. The fourth-order valence-electron chi connectivity index (χ4n) is 4.01. The lowest BCUT2D eigenvalue weighted by atomic mass is 9.84. The first kappa shape index (κ1) is 30.4. The molecule has 1 heterocycles. The maximum atomic E-state index is 13.3. The van der Waals surface area contributed by atoms with E-state index in [1.807, 2.05) is 65.2 Å². The molecule has 9 heteroatoms. The molecule has 0 spiro atoms. The molecule has 0 aliphatic heterocycles. The number of amides is 1. The minimum Gasteiger partial charge on any atom is -0.492 e. The number of carbonyl (C=O) groups is 2. The molecular formula is C30H35Cl2N3O4. The second kappa shape index (κ2) is 13.3. The summed E-state index contributed by atoms with van der Waals surface area (Å²) in [7, 11) is 4.01. The average Bonchev–Trinajstić information content (AvgIpc) is 2.86. The molecule has 0 saturated carbocycles. The Morgan fingerprint density at radius 3 is 2.38 bits per heavy atom. The third-order valence-electron chi connectivity index (χ3n) is 6.23. The van der Waals surface area contributed by atoms with Crippen LogP contribution in [0.25, 0.3) is 22.4 Å². The molecule has 2 N–H and O–H groups in total. The van der Waals surface area contributed by atoms with Gasteiger partial charge in [0.05, 0.1) is 23.7 Å². The second-order valence-corrected chi connectivity index (χ2v) is 11.5. The van der Waals surface area contributed by atoms with Crippen LogP contribution >= 0.6 is 23.2 Å². The summed E-state index contributed by atoms with van der Waals surface area (Å²) in [5.74, 6) is -0.932. The molecule has 0 aliphatic carbocycles. The Labute approximate surface area is 240 Å². The van der Waals surface area contributed by atoms with Crippen LogP contribution < -0.4 is 10.1 Å². The van der Waals surface area contributed by atoms with Crippen molar-refractivity contribution in [1.29, 1.82) is 0 Å². The van der Waals surface area contributed by atoms with Gasteiger partial charge in [-0.25, -0.2) is 4.98 Å². The van der Waals surface area contributed by atoms with Crippen molar-refractivity contribution in [2.24, 2.45) is 5.41 Å². The first-order valence-corrected chi connectivity index (χ1v) is 13.5. The summed E-state index contributed by atoms with van der Waals surface area (Å²) < 4.78 is 5.98. The lowest BCUT2D eigenvalue weighted by Crippen LogP contribution is -2.45. The van der Waals surface area contributed by atoms with Gasteiger partial charge in [0.2, 0.25) is 0 Å². The molecule has 0 aliphatic rings. The number of carboxylic acids is 1. The van der Waals surface area contributed by atoms with Crippen molar-refractivity contribution in [3.05, 3.63) is 70.3 Å². The maximum Gasteiger partial charge on any atom is 0.305 e. The van der Waals surface area contributed by atoms with Gasteiger partial charge < -0.3 is 20.1 Å². The first-order chi connectivity index (χ1) is 18.4. The van der Waals surface area contributed by atoms with Crippen LogP contribution in [0.3, 0.4) is 0 Å². The topological polar surface area (TPSA) is 91.8 Å². The van der Waals surface area contributed by atoms with Gasteiger partial charge >= 0.3 is 5.97 Å². The number of pyridine rings is 1. The van der Waals surface area contributed by atoms with Crippen molar-refractivity contribution in [1.82, 2.24) is 15.2 Å². The van der Waals surface area contributed by atoms with Crippen LogP contribution in [0, 0.1) is 5.41 Å². The summed E-state index contributed by atoms with van der Waals surface area (Å²) in [6.07, 6.45) is 0.628. The minimum atomic E-state index is -0.989. The summed E-state index contributed by atoms with van der Waals surface area (Å²) in [6, 6.07) is 15.6. The summed E-state index contributed by atoms with van der Waals surface area (Å²) in [5, 5.41) is 13.2. The van der Waals surface area contributed by atoms with Gasteiger partial charge in [-0.1, -0.05) is 68.2 Å². The number of carbonyl (C=O) groups excluding carboxylic acids is 1. The van der Waals surface area contributed by atoms with E-state index in [1.54, 1.807) is 24.3 Å². The minimum absolute atomic E-state index is 0.156. The van der Waals surface area contributed by atoms with Crippen molar-refractivity contribution in [2.45, 2.75) is 39.7 Å². The van der Waals surface area contributed by atoms with Crippen LogP contribution in [0.4, 0.5) is 0 Å². The molecule has 0 saturated heterocycles. The van der Waals surface area contributed by atoms with Crippen LogP contribution in [0.2, 0.25) is 10.0 Å². The van der Waals surface area contributed by atoms with Crippen molar-refractivity contribution in [2.75, 3.05) is 27.2 Å². The van der Waals surface area contributed by atoms with Crippen LogP contribution in [0.15, 0.2) is 54.6 Å². The summed E-state index contributed by atoms with van der Waals surface area (Å²) in [5.41, 5.74) is 2.40. The van der Waals surface area contributed by atoms with E-state index >= 15 is 0 Å². The lowest BCUT2D eigenvalue weighted by Gasteiger charge is -2.30. The zero-order chi connectivity index (χ0) is 28.7. The smallest absolute Gasteiger partial charge is 0.305 e. The molecule has 1 unspecified atom stereocenters. The number of nitrogens with one attached hydrogen (secondary N) is 1. The van der Waals surface area contributed by atoms with Gasteiger partial charge in [0.15, 0.2) is 0 Å². The number of aromatic nitrogens is 1. The largest absolute Gasteiger partial charge is 0.492 e. The first-order valence-electron chi connectivity index (χ1n) is 12.7. The highest BCUT2D eigenvalue weighted by molar-refractivity contribution is 6.33. The molecule has 3 rings (SSSR count). The molecule has 1 amide bonds. The molecule has 0 bridgehead atoms. The third-order valence-corrected chi connectivity index (χ3v) is 6.88. The summed E-state index contributed by atoms with van der Waals surface area (Å²) in [6.45, 7) is 7.02. The van der Waals surface area contributed by atoms with Crippen LogP contribution in [0.1, 0.15) is 44.1 Å². The van der Waals surface area contributed by atoms with Crippen molar-refractivity contribution < 1.29 is 19.4 Å². The Balaban J connectivity index is 2.04. The van der Waals surface area contributed by atoms with Gasteiger partial charge in [0, 0.05) is 34.3 Å². The Hall–Kier alpha value is -3.13. The number of hydrogen-bond acceptors (Lipinski definition) is 5. The van der Waals surface area contributed by atoms with E-state index in [4.69, 9.17) is 32.9 Å². The second-order valence-electron chi connectivity index (χ2n) is 10.7. The van der Waals surface area contributed by atoms with Gasteiger partial charge in [-0.2, -0.15) is 0 Å². The fourth-order valence-corrected chi connectivity index (χ4v) is 4.42. The van der Waals surface area contributed by atoms with Gasteiger partial charge in [-0.3, -0.25) is 9.59 Å². The van der Waals surface area contributed by atoms with E-state index in [-0.39, 0.29) is 12.1 Å². The summed E-state index contributed by atoms with van der Waals surface area (Å²) in [4.78, 5) is 31.5. The molecule has 39 heavy (non-hydrogen) atoms. The number of aliphatic carboxylic acids is 1. The Morgan fingerprint density at radius 1 is 1.03 bits per heavy atom. The average molecular weight is 573 g/mol. The van der Waals surface area contributed by atoms with Gasteiger partial charge in [0.25, 0.3) is 5.91 Å². The number of carboxylic acid groups (broad SMARTS) is 1. The van der Waals surface area contributed by atoms with Crippen LogP contribution in [0.5, 0.6) is 5.75 Å². The maximum absolute atomic E-state index is 13.3. The number of rotatable bonds is 11. The SMILES string of the molecule is CN(C)CCCOc1cc(-c2nc(C(=O)NC(CC(=O)O)C(C)(C)C)ccc2-c2ccccc2Cl)ccc1Cl. The Morgan fingerprint density at radius 2 is 1.74 bits per heavy atom. The number of benzene rings is 2. The quantitative estimate of drug-likeness (QED) is 0.249. The molecule has 7 nitrogen and oxygen atoms in total. The zero-order valence-corrected chi connectivity index (χ0v) is 24.4. The highest BCUT2D eigenvalue weighted by Gasteiger charge is 2.29. The van der Waals surface area contributed by atoms with Crippen LogP contribution in [-0.2, 0) is 4.79 Å². The normalized spacial score (nSPS) is 12.3. The van der Waals surface area contributed by atoms with E-state index in [0.29, 0.717) is 33.7 Å². The number of halogens is 2. The Bertz CT molecular complexity index is 1320. The third kappa shape index (κ3) is 8.43. The highest BCUT2D eigenvalue weighted by atomic mass is 35.5. The molecule has 1 aromatic heterocycles. The van der Waals surface area contributed by atoms with Crippen LogP contribution in [-0.4, -0.2) is 60.2 Å². The fraction of sp³-hybridized carbons (Fsp3) is 0.367. The Kier molecular flexibility index (Phi) is 10.4. The van der Waals surface area contributed by atoms with Gasteiger partial charge in [-0.05, 0) is 56.3 Å². The lowest BCUT2D eigenvalue weighted by molar-refractivity contribution is -0.138. The standard InChI is InChI=1S/C30H35Cl2N3O4/c1-30(2,3)26(18-27(36)37)34-29(38)24-14-12-21(20-9-6-7-10-22(20)31)28(33-24)19-11-13-23(32)25(17-19)39-16-8-15-35(4)5/h6-7,9-14,17,26H,8,15-16,18H2,1-5H3,(H,34,38)(H,36,37). The van der Waals surface area contributed by atoms with Gasteiger partial charge in [0.1, 0.15) is 11.4 Å². The molecule has 1 atom stereocenters. The van der Waals surface area contributed by atoms with E-state index in [0.717, 1.165) is 24.1 Å².